The van der Waals surface area contributed by atoms with Crippen molar-refractivity contribution in [3.05, 3.63) is 64.7 Å². The highest BCUT2D eigenvalue weighted by Crippen LogP contribution is 2.14. The fourth-order valence-corrected chi connectivity index (χ4v) is 1.95. The summed E-state index contributed by atoms with van der Waals surface area (Å²) in [6.45, 7) is 0.377. The number of hydrogen-bond donors (Lipinski definition) is 3. The summed E-state index contributed by atoms with van der Waals surface area (Å²) in [4.78, 5) is 12.1. The van der Waals surface area contributed by atoms with Gasteiger partial charge in [-0.2, -0.15) is 0 Å². The first-order valence-electron chi connectivity index (χ1n) is 6.05. The van der Waals surface area contributed by atoms with Crippen molar-refractivity contribution in [2.75, 3.05) is 0 Å². The van der Waals surface area contributed by atoms with Crippen molar-refractivity contribution in [3.63, 3.8) is 0 Å². The van der Waals surface area contributed by atoms with Crippen LogP contribution in [0.5, 0.6) is 0 Å². The second kappa shape index (κ2) is 6.57. The molecule has 0 radical (unpaired) electrons. The Bertz CT molecular complexity index is 605. The number of hydrogen-bond acceptors (Lipinski definition) is 3. The molecule has 20 heavy (non-hydrogen) atoms. The summed E-state index contributed by atoms with van der Waals surface area (Å²) in [6, 6.07) is 13.8. The van der Waals surface area contributed by atoms with Crippen LogP contribution in [0.15, 0.2) is 48.5 Å². The second-order valence-electron chi connectivity index (χ2n) is 4.28. The normalized spacial score (nSPS) is 10.2. The van der Waals surface area contributed by atoms with Crippen molar-refractivity contribution < 1.29 is 14.8 Å². The molecule has 0 saturated carbocycles. The summed E-state index contributed by atoms with van der Waals surface area (Å²) >= 11 is 5.95. The molecule has 0 fully saturated rings. The van der Waals surface area contributed by atoms with Crippen LogP contribution in [0.3, 0.4) is 0 Å². The molecule has 0 heterocycles. The largest absolute Gasteiger partial charge is 0.488 e. The van der Waals surface area contributed by atoms with Gasteiger partial charge in [0, 0.05) is 6.54 Å². The molecule has 2 aromatic carbocycles. The van der Waals surface area contributed by atoms with Gasteiger partial charge in [-0.1, -0.05) is 48.0 Å². The summed E-state index contributed by atoms with van der Waals surface area (Å²) in [5.74, 6) is -0.360. The molecule has 6 heteroatoms. The van der Waals surface area contributed by atoms with Gasteiger partial charge in [-0.15, -0.1) is 0 Å². The van der Waals surface area contributed by atoms with Crippen molar-refractivity contribution in [3.8, 4) is 0 Å². The van der Waals surface area contributed by atoms with E-state index < -0.39 is 7.12 Å². The molecule has 0 unspecified atom stereocenters. The summed E-state index contributed by atoms with van der Waals surface area (Å²) in [7, 11) is -1.63. The van der Waals surface area contributed by atoms with Gasteiger partial charge in [0.25, 0.3) is 5.91 Å². The zero-order chi connectivity index (χ0) is 14.5. The highest BCUT2D eigenvalue weighted by molar-refractivity contribution is 6.58. The van der Waals surface area contributed by atoms with Crippen molar-refractivity contribution in [2.24, 2.45) is 0 Å². The van der Waals surface area contributed by atoms with Gasteiger partial charge >= 0.3 is 7.12 Å². The van der Waals surface area contributed by atoms with E-state index in [4.69, 9.17) is 21.6 Å². The molecule has 0 aromatic heterocycles. The van der Waals surface area contributed by atoms with Gasteiger partial charge in [0.05, 0.1) is 10.6 Å². The fourth-order valence-electron chi connectivity index (χ4n) is 1.75. The van der Waals surface area contributed by atoms with Crippen molar-refractivity contribution in [1.29, 1.82) is 0 Å². The first kappa shape index (κ1) is 14.6. The predicted octanol–water partition coefficient (Wildman–Crippen LogP) is 0.950. The third kappa shape index (κ3) is 3.60. The molecule has 0 saturated heterocycles. The van der Waals surface area contributed by atoms with Crippen LogP contribution in [0.2, 0.25) is 5.02 Å². The van der Waals surface area contributed by atoms with Gasteiger partial charge in [0.2, 0.25) is 0 Å². The van der Waals surface area contributed by atoms with Gasteiger partial charge in [0.1, 0.15) is 0 Å². The Morgan fingerprint density at radius 3 is 2.50 bits per heavy atom. The lowest BCUT2D eigenvalue weighted by Gasteiger charge is -2.08. The third-order valence-corrected chi connectivity index (χ3v) is 3.16. The quantitative estimate of drug-likeness (QED) is 0.734. The average molecular weight is 290 g/mol. The lowest BCUT2D eigenvalue weighted by Crippen LogP contribution is -2.32. The van der Waals surface area contributed by atoms with E-state index in [1.54, 1.807) is 0 Å². The van der Waals surface area contributed by atoms with E-state index in [-0.39, 0.29) is 22.0 Å². The molecule has 102 valence electrons. The Labute approximate surface area is 122 Å². The Balaban J connectivity index is 2.11. The smallest absolute Gasteiger partial charge is 0.423 e. The standard InChI is InChI=1S/C14H13BClNO3/c16-13-7-6-11(15(19)20)8-12(13)14(18)17-9-10-4-2-1-3-5-10/h1-8,19-20H,9H2,(H,17,18). The molecule has 2 aromatic rings. The summed E-state index contributed by atoms with van der Waals surface area (Å²) < 4.78 is 0. The predicted molar refractivity (Wildman–Crippen MR) is 78.9 cm³/mol. The van der Waals surface area contributed by atoms with Crippen molar-refractivity contribution >= 4 is 30.1 Å². The number of halogens is 1. The van der Waals surface area contributed by atoms with Gasteiger partial charge < -0.3 is 15.4 Å². The monoisotopic (exact) mass is 289 g/mol. The molecule has 0 atom stereocenters. The topological polar surface area (TPSA) is 69.6 Å². The third-order valence-electron chi connectivity index (χ3n) is 2.83. The highest BCUT2D eigenvalue weighted by atomic mass is 35.5. The minimum Gasteiger partial charge on any atom is -0.423 e. The molecule has 2 rings (SSSR count). The Kier molecular flexibility index (Phi) is 4.79. The highest BCUT2D eigenvalue weighted by Gasteiger charge is 2.16. The number of carbonyl (C=O) groups is 1. The Morgan fingerprint density at radius 1 is 1.15 bits per heavy atom. The van der Waals surface area contributed by atoms with Crippen LogP contribution in [0, 0.1) is 0 Å². The zero-order valence-corrected chi connectivity index (χ0v) is 11.3. The van der Waals surface area contributed by atoms with Crippen LogP contribution in [0.4, 0.5) is 0 Å². The van der Waals surface area contributed by atoms with Crippen LogP contribution < -0.4 is 10.8 Å². The number of nitrogens with one attached hydrogen (secondary N) is 1. The number of rotatable bonds is 4. The minimum atomic E-state index is -1.63. The number of amides is 1. The lowest BCUT2D eigenvalue weighted by molar-refractivity contribution is 0.0951. The molecule has 3 N–H and O–H groups in total. The average Bonchev–Trinajstić information content (AvgIpc) is 2.46. The summed E-state index contributed by atoms with van der Waals surface area (Å²) in [5, 5.41) is 21.2. The first-order valence-corrected chi connectivity index (χ1v) is 6.43. The van der Waals surface area contributed by atoms with E-state index >= 15 is 0 Å². The molecule has 0 aliphatic heterocycles. The van der Waals surface area contributed by atoms with E-state index in [0.717, 1.165) is 5.56 Å². The van der Waals surface area contributed by atoms with Crippen molar-refractivity contribution in [2.45, 2.75) is 6.54 Å². The molecule has 0 aliphatic rings. The molecular formula is C14H13BClNO3. The van der Waals surface area contributed by atoms with Gasteiger partial charge in [0.15, 0.2) is 0 Å². The van der Waals surface area contributed by atoms with E-state index in [9.17, 15) is 4.79 Å². The van der Waals surface area contributed by atoms with Crippen LogP contribution in [0.25, 0.3) is 0 Å². The van der Waals surface area contributed by atoms with E-state index in [1.165, 1.54) is 18.2 Å². The maximum atomic E-state index is 12.1. The van der Waals surface area contributed by atoms with Crippen LogP contribution in [-0.2, 0) is 6.54 Å². The fraction of sp³-hybridized carbons (Fsp3) is 0.0714. The summed E-state index contributed by atoms with van der Waals surface area (Å²) in [6.07, 6.45) is 0. The van der Waals surface area contributed by atoms with Gasteiger partial charge in [-0.25, -0.2) is 0 Å². The van der Waals surface area contributed by atoms with Gasteiger partial charge in [-0.3, -0.25) is 4.79 Å². The molecular weight excluding hydrogens is 276 g/mol. The van der Waals surface area contributed by atoms with Crippen molar-refractivity contribution in [1.82, 2.24) is 5.32 Å². The van der Waals surface area contributed by atoms with E-state index in [1.807, 2.05) is 30.3 Å². The Morgan fingerprint density at radius 2 is 1.85 bits per heavy atom. The first-order chi connectivity index (χ1) is 9.58. The molecule has 4 nitrogen and oxygen atoms in total. The maximum Gasteiger partial charge on any atom is 0.488 e. The number of benzene rings is 2. The SMILES string of the molecule is O=C(NCc1ccccc1)c1cc(B(O)O)ccc1Cl. The molecule has 0 aliphatic carbocycles. The van der Waals surface area contributed by atoms with Crippen LogP contribution in [-0.4, -0.2) is 23.1 Å². The zero-order valence-electron chi connectivity index (χ0n) is 10.6. The number of carbonyl (C=O) groups excluding carboxylic acids is 1. The van der Waals surface area contributed by atoms with E-state index in [2.05, 4.69) is 5.32 Å². The van der Waals surface area contributed by atoms with Gasteiger partial charge in [-0.05, 0) is 23.2 Å². The molecule has 1 amide bonds. The minimum absolute atomic E-state index is 0.216. The van der Waals surface area contributed by atoms with E-state index in [0.29, 0.717) is 6.54 Å². The summed E-state index contributed by atoms with van der Waals surface area (Å²) in [5.41, 5.74) is 1.41. The second-order valence-corrected chi connectivity index (χ2v) is 4.69. The van der Waals surface area contributed by atoms with Crippen LogP contribution in [0.1, 0.15) is 15.9 Å². The maximum absolute atomic E-state index is 12.1. The molecule has 0 bridgehead atoms. The van der Waals surface area contributed by atoms with Crippen LogP contribution >= 0.6 is 11.6 Å². The molecule has 0 spiro atoms. The lowest BCUT2D eigenvalue weighted by atomic mass is 9.79. The Hall–Kier alpha value is -1.82.